The van der Waals surface area contributed by atoms with Gasteiger partial charge in [-0.15, -0.1) is 0 Å². The van der Waals surface area contributed by atoms with Crippen LogP contribution < -0.4 is 0 Å². The minimum atomic E-state index is -0.484. The molecule has 222 valence electrons. The molecule has 3 aliphatic carbocycles. The molecule has 0 radical (unpaired) electrons. The summed E-state index contributed by atoms with van der Waals surface area (Å²) in [5.41, 5.74) is 1.62. The Balaban J connectivity index is 1.33. The maximum atomic E-state index is 14.1. The van der Waals surface area contributed by atoms with Crippen molar-refractivity contribution in [1.82, 2.24) is 14.7 Å². The molecule has 7 nitrogen and oxygen atoms in total. The molecule has 1 aromatic carbocycles. The number of ketones is 1. The van der Waals surface area contributed by atoms with Crippen LogP contribution in [0.25, 0.3) is 0 Å². The van der Waals surface area contributed by atoms with Gasteiger partial charge in [-0.1, -0.05) is 29.3 Å². The standard InChI is InChI=1S/C32H41Cl2N3O4/c1-4-41-30(40)31(3)12-10-23(11-13-31)37-21(2)24(18-35-37)29(39)36(19-22-8-14-32(15-9-22)16-17-32)20-27(38)28-25(33)6-5-7-26(28)34/h5-7,18,22-23H,4,8-17,19-20H2,1-3H3/t23-,31-. The summed E-state index contributed by atoms with van der Waals surface area (Å²) in [6.45, 7) is 6.54. The highest BCUT2D eigenvalue weighted by atomic mass is 35.5. The lowest BCUT2D eigenvalue weighted by atomic mass is 9.74. The largest absolute Gasteiger partial charge is 0.466 e. The molecule has 1 spiro atoms. The Bertz CT molecular complexity index is 1280. The molecule has 41 heavy (non-hydrogen) atoms. The van der Waals surface area contributed by atoms with E-state index in [1.807, 2.05) is 25.5 Å². The van der Waals surface area contributed by atoms with E-state index in [2.05, 4.69) is 5.10 Å². The van der Waals surface area contributed by atoms with E-state index in [0.29, 0.717) is 52.9 Å². The van der Waals surface area contributed by atoms with Crippen LogP contribution in [-0.2, 0) is 9.53 Å². The topological polar surface area (TPSA) is 81.5 Å². The van der Waals surface area contributed by atoms with Crippen LogP contribution in [0.2, 0.25) is 10.0 Å². The van der Waals surface area contributed by atoms with Crippen LogP contribution in [0.1, 0.15) is 111 Å². The molecule has 3 saturated carbocycles. The SMILES string of the molecule is CCOC(=O)[C@]1(C)CC[C@@H](n2ncc(C(=O)N(CC(=O)c3c(Cl)cccc3Cl)CC3CCC4(CC3)CC4)c2C)CC1. The fourth-order valence-corrected chi connectivity index (χ4v) is 7.47. The molecular weight excluding hydrogens is 561 g/mol. The number of hydrogen-bond acceptors (Lipinski definition) is 5. The molecule has 0 saturated heterocycles. The van der Waals surface area contributed by atoms with Gasteiger partial charge in [-0.3, -0.25) is 19.1 Å². The first-order valence-corrected chi connectivity index (χ1v) is 15.8. The monoisotopic (exact) mass is 601 g/mol. The van der Waals surface area contributed by atoms with Crippen molar-refractivity contribution < 1.29 is 19.1 Å². The Morgan fingerprint density at radius 2 is 1.66 bits per heavy atom. The van der Waals surface area contributed by atoms with Gasteiger partial charge in [-0.2, -0.15) is 5.10 Å². The molecule has 0 atom stereocenters. The van der Waals surface area contributed by atoms with Crippen molar-refractivity contribution in [2.75, 3.05) is 19.7 Å². The van der Waals surface area contributed by atoms with E-state index in [0.717, 1.165) is 31.4 Å². The summed E-state index contributed by atoms with van der Waals surface area (Å²) in [6, 6.07) is 5.10. The summed E-state index contributed by atoms with van der Waals surface area (Å²) in [5, 5.41) is 5.22. The third kappa shape index (κ3) is 6.36. The fourth-order valence-electron chi connectivity index (χ4n) is 6.86. The Morgan fingerprint density at radius 1 is 1.02 bits per heavy atom. The zero-order valence-electron chi connectivity index (χ0n) is 24.4. The van der Waals surface area contributed by atoms with Crippen molar-refractivity contribution in [3.8, 4) is 0 Å². The van der Waals surface area contributed by atoms with Crippen LogP contribution in [-0.4, -0.2) is 52.0 Å². The molecule has 5 rings (SSSR count). The Kier molecular flexibility index (Phi) is 8.87. The average Bonchev–Trinajstić information content (AvgIpc) is 3.60. The first kappa shape index (κ1) is 30.1. The van der Waals surface area contributed by atoms with Gasteiger partial charge < -0.3 is 9.64 Å². The van der Waals surface area contributed by atoms with Crippen LogP contribution in [0.15, 0.2) is 24.4 Å². The van der Waals surface area contributed by atoms with Gasteiger partial charge in [-0.25, -0.2) is 0 Å². The van der Waals surface area contributed by atoms with E-state index in [1.165, 1.54) is 25.7 Å². The number of carbonyl (C=O) groups excluding carboxylic acids is 3. The molecular formula is C32H41Cl2N3O4. The number of benzene rings is 1. The van der Waals surface area contributed by atoms with Gasteiger partial charge in [0, 0.05) is 12.2 Å². The molecule has 1 amide bonds. The third-order valence-electron chi connectivity index (χ3n) is 9.91. The number of ether oxygens (including phenoxy) is 1. The Hall–Kier alpha value is -2.38. The first-order chi connectivity index (χ1) is 19.6. The average molecular weight is 603 g/mol. The second kappa shape index (κ2) is 12.1. The number of nitrogens with zero attached hydrogens (tertiary/aromatic N) is 3. The van der Waals surface area contributed by atoms with Crippen molar-refractivity contribution in [3.63, 3.8) is 0 Å². The molecule has 3 aliphatic rings. The number of esters is 1. The molecule has 0 bridgehead atoms. The normalized spacial score (nSPS) is 23.8. The summed E-state index contributed by atoms with van der Waals surface area (Å²) in [5.74, 6) is -0.238. The molecule has 0 N–H and O–H groups in total. The van der Waals surface area contributed by atoms with Crippen molar-refractivity contribution in [2.24, 2.45) is 16.7 Å². The highest BCUT2D eigenvalue weighted by Crippen LogP contribution is 2.57. The fraction of sp³-hybridized carbons (Fsp3) is 0.625. The lowest BCUT2D eigenvalue weighted by Crippen LogP contribution is -2.40. The lowest BCUT2D eigenvalue weighted by Gasteiger charge is -2.35. The van der Waals surface area contributed by atoms with Crippen molar-refractivity contribution >= 4 is 40.9 Å². The van der Waals surface area contributed by atoms with Gasteiger partial charge >= 0.3 is 5.97 Å². The Morgan fingerprint density at radius 3 is 2.24 bits per heavy atom. The highest BCUT2D eigenvalue weighted by molar-refractivity contribution is 6.40. The predicted octanol–water partition coefficient (Wildman–Crippen LogP) is 7.48. The van der Waals surface area contributed by atoms with Crippen LogP contribution >= 0.6 is 23.2 Å². The molecule has 0 aliphatic heterocycles. The van der Waals surface area contributed by atoms with E-state index in [4.69, 9.17) is 27.9 Å². The van der Waals surface area contributed by atoms with Crippen LogP contribution in [0, 0.1) is 23.7 Å². The number of amides is 1. The highest BCUT2D eigenvalue weighted by Gasteiger charge is 2.45. The van der Waals surface area contributed by atoms with E-state index in [1.54, 1.807) is 29.3 Å². The third-order valence-corrected chi connectivity index (χ3v) is 10.5. The van der Waals surface area contributed by atoms with E-state index in [-0.39, 0.29) is 35.8 Å². The van der Waals surface area contributed by atoms with E-state index >= 15 is 0 Å². The number of aromatic nitrogens is 2. The van der Waals surface area contributed by atoms with Crippen LogP contribution in [0.5, 0.6) is 0 Å². The summed E-state index contributed by atoms with van der Waals surface area (Å²) < 4.78 is 7.24. The van der Waals surface area contributed by atoms with Gasteiger partial charge in [0.05, 0.1) is 52.0 Å². The second-order valence-electron chi connectivity index (χ2n) is 12.7. The molecule has 2 aromatic rings. The maximum absolute atomic E-state index is 14.1. The zero-order chi connectivity index (χ0) is 29.4. The van der Waals surface area contributed by atoms with E-state index in [9.17, 15) is 14.4 Å². The first-order valence-electron chi connectivity index (χ1n) is 15.0. The molecule has 3 fully saturated rings. The van der Waals surface area contributed by atoms with Crippen LogP contribution in [0.3, 0.4) is 0 Å². The lowest BCUT2D eigenvalue weighted by molar-refractivity contribution is -0.156. The number of rotatable bonds is 9. The van der Waals surface area contributed by atoms with Gasteiger partial charge in [0.1, 0.15) is 0 Å². The second-order valence-corrected chi connectivity index (χ2v) is 13.6. The summed E-state index contributed by atoms with van der Waals surface area (Å²) in [4.78, 5) is 41.7. The summed E-state index contributed by atoms with van der Waals surface area (Å²) in [7, 11) is 0. The molecule has 1 aromatic heterocycles. The molecule has 1 heterocycles. The van der Waals surface area contributed by atoms with Crippen LogP contribution in [0.4, 0.5) is 0 Å². The predicted molar refractivity (Wildman–Crippen MR) is 160 cm³/mol. The van der Waals surface area contributed by atoms with Crippen molar-refractivity contribution in [1.29, 1.82) is 0 Å². The smallest absolute Gasteiger partial charge is 0.311 e. The van der Waals surface area contributed by atoms with Crippen molar-refractivity contribution in [2.45, 2.75) is 91.0 Å². The Labute approximate surface area is 252 Å². The van der Waals surface area contributed by atoms with Crippen molar-refractivity contribution in [3.05, 3.63) is 51.3 Å². The maximum Gasteiger partial charge on any atom is 0.311 e. The number of hydrogen-bond donors (Lipinski definition) is 0. The number of halogens is 2. The van der Waals surface area contributed by atoms with Gasteiger partial charge in [-0.05, 0) is 108 Å². The van der Waals surface area contributed by atoms with Gasteiger partial charge in [0.15, 0.2) is 5.78 Å². The number of carbonyl (C=O) groups is 3. The number of Topliss-reactive ketones (excluding diaryl/α,β-unsaturated/α-hetero) is 1. The molecule has 9 heteroatoms. The zero-order valence-corrected chi connectivity index (χ0v) is 25.9. The minimum absolute atomic E-state index is 0.0874. The molecule has 0 unspecified atom stereocenters. The van der Waals surface area contributed by atoms with Gasteiger partial charge in [0.25, 0.3) is 5.91 Å². The van der Waals surface area contributed by atoms with E-state index < -0.39 is 5.41 Å². The minimum Gasteiger partial charge on any atom is -0.466 e. The summed E-state index contributed by atoms with van der Waals surface area (Å²) >= 11 is 12.7. The summed E-state index contributed by atoms with van der Waals surface area (Å²) in [6.07, 6.45) is 11.8. The van der Waals surface area contributed by atoms with Gasteiger partial charge in [0.2, 0.25) is 0 Å². The quantitative estimate of drug-likeness (QED) is 0.220.